The summed E-state index contributed by atoms with van der Waals surface area (Å²) in [7, 11) is 0. The summed E-state index contributed by atoms with van der Waals surface area (Å²) in [6, 6.07) is 7.89. The highest BCUT2D eigenvalue weighted by Gasteiger charge is 2.35. The van der Waals surface area contributed by atoms with E-state index in [2.05, 4.69) is 41.9 Å². The average Bonchev–Trinajstić information content (AvgIpc) is 3.35. The summed E-state index contributed by atoms with van der Waals surface area (Å²) in [5.41, 5.74) is 7.33. The molecule has 2 aliphatic heterocycles. The van der Waals surface area contributed by atoms with Gasteiger partial charge in [-0.2, -0.15) is 0 Å². The molecule has 0 aliphatic carbocycles. The molecule has 2 saturated heterocycles. The third kappa shape index (κ3) is 5.37. The number of carbonyl (C=O) groups excluding carboxylic acids is 1. The molecule has 37 heavy (non-hydrogen) atoms. The fraction of sp³-hybridized carbons (Fsp3) is 0.480. The molecule has 1 atom stereocenters. The Morgan fingerprint density at radius 1 is 1.08 bits per heavy atom. The van der Waals surface area contributed by atoms with Gasteiger partial charge in [-0.05, 0) is 50.5 Å². The lowest BCUT2D eigenvalue weighted by molar-refractivity contribution is 0.0491. The van der Waals surface area contributed by atoms with E-state index in [9.17, 15) is 4.79 Å². The molecular weight excluding hydrogens is 513 g/mol. The molecule has 196 valence electrons. The Morgan fingerprint density at radius 3 is 2.46 bits per heavy atom. The van der Waals surface area contributed by atoms with Crippen LogP contribution in [-0.2, 0) is 0 Å². The van der Waals surface area contributed by atoms with Crippen LogP contribution in [0.25, 0.3) is 11.5 Å². The number of aromatic nitrogens is 5. The minimum absolute atomic E-state index is 0.0710. The standard InChI is InChI=1S/C25H31Cl2N9O/c1-3-18-14-35(24-21(27)30-20(22(28)31-24)23-29-15(2)32-33-23)12-13-36(18)19-8-10-34(11-9-19)25(37)16-4-6-17(26)7-5-16/h4-7,18-19H,3,8-14H2,1-2H3,(H2,28,31)(H,29,32,33)/t18-/m0/s1. The zero-order valence-electron chi connectivity index (χ0n) is 21.0. The van der Waals surface area contributed by atoms with E-state index in [-0.39, 0.29) is 11.7 Å². The van der Waals surface area contributed by atoms with Crippen LogP contribution < -0.4 is 10.6 Å². The number of amides is 1. The predicted octanol–water partition coefficient (Wildman–Crippen LogP) is 3.66. The van der Waals surface area contributed by atoms with Crippen molar-refractivity contribution in [3.63, 3.8) is 0 Å². The number of hydrogen-bond donors (Lipinski definition) is 2. The summed E-state index contributed by atoms with van der Waals surface area (Å²) in [5.74, 6) is 2.05. The molecule has 2 fully saturated rings. The van der Waals surface area contributed by atoms with Crippen molar-refractivity contribution in [2.75, 3.05) is 43.4 Å². The normalized spacial score (nSPS) is 19.4. The lowest BCUT2D eigenvalue weighted by atomic mass is 9.97. The number of aromatic amines is 1. The van der Waals surface area contributed by atoms with Crippen LogP contribution in [0.2, 0.25) is 10.2 Å². The molecule has 0 spiro atoms. The van der Waals surface area contributed by atoms with E-state index in [4.69, 9.17) is 28.9 Å². The number of benzene rings is 1. The monoisotopic (exact) mass is 543 g/mol. The van der Waals surface area contributed by atoms with Crippen molar-refractivity contribution in [2.24, 2.45) is 0 Å². The van der Waals surface area contributed by atoms with Crippen LogP contribution in [0.5, 0.6) is 0 Å². The van der Waals surface area contributed by atoms with Gasteiger partial charge in [-0.3, -0.25) is 9.69 Å². The summed E-state index contributed by atoms with van der Waals surface area (Å²) in [6.45, 7) is 7.96. The van der Waals surface area contributed by atoms with Crippen molar-refractivity contribution in [3.05, 3.63) is 45.8 Å². The average molecular weight is 544 g/mol. The van der Waals surface area contributed by atoms with Gasteiger partial charge in [0.1, 0.15) is 5.82 Å². The topological polar surface area (TPSA) is 120 Å². The molecule has 0 radical (unpaired) electrons. The van der Waals surface area contributed by atoms with Crippen LogP contribution in [-0.4, -0.2) is 85.7 Å². The number of nitrogens with two attached hydrogens (primary N) is 1. The largest absolute Gasteiger partial charge is 0.382 e. The van der Waals surface area contributed by atoms with Gasteiger partial charge in [0.15, 0.2) is 28.3 Å². The van der Waals surface area contributed by atoms with E-state index in [1.54, 1.807) is 24.3 Å². The number of H-pyrrole nitrogens is 1. The van der Waals surface area contributed by atoms with Crippen molar-refractivity contribution >= 4 is 40.7 Å². The highest BCUT2D eigenvalue weighted by atomic mass is 35.5. The predicted molar refractivity (Wildman–Crippen MR) is 145 cm³/mol. The van der Waals surface area contributed by atoms with Crippen molar-refractivity contribution < 1.29 is 4.79 Å². The SMILES string of the molecule is CC[C@H]1CN(c2nc(N)c(-c3nnc(C)[nH]3)nc2Cl)CCN1C1CCN(C(=O)c2ccc(Cl)cc2)CC1. The number of nitrogen functional groups attached to an aromatic ring is 1. The Kier molecular flexibility index (Phi) is 7.50. The third-order valence-electron chi connectivity index (χ3n) is 7.30. The highest BCUT2D eigenvalue weighted by molar-refractivity contribution is 6.32. The number of aryl methyl sites for hydroxylation is 1. The van der Waals surface area contributed by atoms with Crippen molar-refractivity contribution in [1.29, 1.82) is 0 Å². The van der Waals surface area contributed by atoms with E-state index < -0.39 is 0 Å². The number of piperidine rings is 1. The Morgan fingerprint density at radius 2 is 1.81 bits per heavy atom. The van der Waals surface area contributed by atoms with Crippen molar-refractivity contribution in [1.82, 2.24) is 34.9 Å². The number of nitrogens with zero attached hydrogens (tertiary/aromatic N) is 7. The van der Waals surface area contributed by atoms with Gasteiger partial charge in [-0.25, -0.2) is 9.97 Å². The van der Waals surface area contributed by atoms with Gasteiger partial charge in [-0.15, -0.1) is 10.2 Å². The molecular formula is C25H31Cl2N9O. The number of hydrogen-bond acceptors (Lipinski definition) is 8. The molecule has 2 aromatic heterocycles. The smallest absolute Gasteiger partial charge is 0.253 e. The Hall–Kier alpha value is -2.95. The second-order valence-corrected chi connectivity index (χ2v) is 10.4. The van der Waals surface area contributed by atoms with Gasteiger partial charge >= 0.3 is 0 Å². The fourth-order valence-electron chi connectivity index (χ4n) is 5.33. The van der Waals surface area contributed by atoms with Gasteiger partial charge in [0.25, 0.3) is 5.91 Å². The van der Waals surface area contributed by atoms with Gasteiger partial charge in [0.2, 0.25) is 0 Å². The second kappa shape index (κ2) is 10.8. The van der Waals surface area contributed by atoms with Crippen LogP contribution in [0.3, 0.4) is 0 Å². The molecule has 5 rings (SSSR count). The lowest BCUT2D eigenvalue weighted by Gasteiger charge is -2.47. The number of rotatable bonds is 5. The van der Waals surface area contributed by atoms with E-state index in [1.807, 2.05) is 11.8 Å². The Balaban J connectivity index is 1.23. The molecule has 1 amide bonds. The van der Waals surface area contributed by atoms with Gasteiger partial charge < -0.3 is 20.5 Å². The lowest BCUT2D eigenvalue weighted by Crippen LogP contribution is -2.58. The fourth-order valence-corrected chi connectivity index (χ4v) is 5.70. The van der Waals surface area contributed by atoms with E-state index in [0.29, 0.717) is 51.0 Å². The Labute approximate surface area is 226 Å². The van der Waals surface area contributed by atoms with E-state index in [0.717, 1.165) is 52.0 Å². The Bertz CT molecular complexity index is 1260. The molecule has 2 aliphatic rings. The van der Waals surface area contributed by atoms with Crippen molar-refractivity contribution in [2.45, 2.75) is 45.2 Å². The van der Waals surface area contributed by atoms with Crippen molar-refractivity contribution in [3.8, 4) is 11.5 Å². The first-order chi connectivity index (χ1) is 17.8. The molecule has 0 unspecified atom stereocenters. The maximum Gasteiger partial charge on any atom is 0.253 e. The summed E-state index contributed by atoms with van der Waals surface area (Å²) >= 11 is 12.6. The van der Waals surface area contributed by atoms with E-state index in [1.165, 1.54) is 0 Å². The van der Waals surface area contributed by atoms with Crippen LogP contribution in [0, 0.1) is 6.92 Å². The number of nitrogens with one attached hydrogen (secondary N) is 1. The van der Waals surface area contributed by atoms with Gasteiger partial charge in [0.05, 0.1) is 0 Å². The maximum absolute atomic E-state index is 12.9. The number of halogens is 2. The summed E-state index contributed by atoms with van der Waals surface area (Å²) < 4.78 is 0. The molecule has 0 saturated carbocycles. The first-order valence-corrected chi connectivity index (χ1v) is 13.4. The summed E-state index contributed by atoms with van der Waals surface area (Å²) in [4.78, 5) is 31.7. The molecule has 3 aromatic rings. The minimum atomic E-state index is 0.0710. The maximum atomic E-state index is 12.9. The molecule has 4 heterocycles. The third-order valence-corrected chi connectivity index (χ3v) is 7.80. The highest BCUT2D eigenvalue weighted by Crippen LogP contribution is 2.32. The second-order valence-electron chi connectivity index (χ2n) is 9.61. The minimum Gasteiger partial charge on any atom is -0.382 e. The van der Waals surface area contributed by atoms with Gasteiger partial charge in [0, 0.05) is 55.4 Å². The number of anilines is 2. The number of carbonyl (C=O) groups is 1. The molecule has 0 bridgehead atoms. The van der Waals surface area contributed by atoms with Crippen LogP contribution in [0.4, 0.5) is 11.6 Å². The zero-order chi connectivity index (χ0) is 26.1. The molecule has 1 aromatic carbocycles. The molecule has 10 nitrogen and oxygen atoms in total. The quantitative estimate of drug-likeness (QED) is 0.500. The van der Waals surface area contributed by atoms with Crippen LogP contribution in [0.15, 0.2) is 24.3 Å². The van der Waals surface area contributed by atoms with Gasteiger partial charge in [-0.1, -0.05) is 30.1 Å². The molecule has 3 N–H and O–H groups in total. The van der Waals surface area contributed by atoms with E-state index >= 15 is 0 Å². The first kappa shape index (κ1) is 25.7. The number of piperazine rings is 1. The zero-order valence-corrected chi connectivity index (χ0v) is 22.5. The van der Waals surface area contributed by atoms with Crippen LogP contribution in [0.1, 0.15) is 42.4 Å². The first-order valence-electron chi connectivity index (χ1n) is 12.6. The summed E-state index contributed by atoms with van der Waals surface area (Å²) in [6.07, 6.45) is 2.90. The molecule has 12 heteroatoms. The number of likely N-dealkylation sites (tertiary alicyclic amines) is 1. The summed E-state index contributed by atoms with van der Waals surface area (Å²) in [5, 5.41) is 8.96. The van der Waals surface area contributed by atoms with Crippen LogP contribution >= 0.6 is 23.2 Å².